The molecule has 0 aliphatic rings. The van der Waals surface area contributed by atoms with E-state index in [1.807, 2.05) is 49.4 Å². The van der Waals surface area contributed by atoms with Gasteiger partial charge in [-0.15, -0.1) is 0 Å². The molecule has 0 aromatic heterocycles. The summed E-state index contributed by atoms with van der Waals surface area (Å²) in [6, 6.07) is 18.1. The van der Waals surface area contributed by atoms with Crippen LogP contribution in [0.2, 0.25) is 0 Å². The van der Waals surface area contributed by atoms with Crippen molar-refractivity contribution in [2.24, 2.45) is 0 Å². The zero-order valence-electron chi connectivity index (χ0n) is 10.9. The maximum Gasteiger partial charge on any atom is 0.144 e. The summed E-state index contributed by atoms with van der Waals surface area (Å²) >= 11 is 0. The minimum Gasteiger partial charge on any atom is -0.299 e. The molecular weight excluding hydrogens is 220 g/mol. The fourth-order valence-corrected chi connectivity index (χ4v) is 2.10. The monoisotopic (exact) mass is 238 g/mol. The van der Waals surface area contributed by atoms with Crippen molar-refractivity contribution in [2.75, 3.05) is 0 Å². The highest BCUT2D eigenvalue weighted by molar-refractivity contribution is 5.87. The Morgan fingerprint density at radius 3 is 2.44 bits per heavy atom. The summed E-state index contributed by atoms with van der Waals surface area (Å²) in [6.07, 6.45) is 0.512. The van der Waals surface area contributed by atoms with Crippen molar-refractivity contribution >= 4 is 5.78 Å². The van der Waals surface area contributed by atoms with Crippen LogP contribution in [-0.4, -0.2) is 5.78 Å². The van der Waals surface area contributed by atoms with Gasteiger partial charge in [0.25, 0.3) is 0 Å². The van der Waals surface area contributed by atoms with Crippen molar-refractivity contribution in [2.45, 2.75) is 26.2 Å². The van der Waals surface area contributed by atoms with Gasteiger partial charge in [-0.25, -0.2) is 0 Å². The van der Waals surface area contributed by atoms with Crippen molar-refractivity contribution in [3.63, 3.8) is 0 Å². The fraction of sp³-hybridized carbons (Fsp3) is 0.235. The summed E-state index contributed by atoms with van der Waals surface area (Å²) in [5, 5.41) is 0. The Bertz CT molecular complexity index is 528. The lowest BCUT2D eigenvalue weighted by Gasteiger charge is -2.11. The molecule has 0 saturated carbocycles. The first-order chi connectivity index (χ1) is 8.66. The Hall–Kier alpha value is -1.89. The van der Waals surface area contributed by atoms with Crippen molar-refractivity contribution in [1.29, 1.82) is 0 Å². The van der Waals surface area contributed by atoms with Gasteiger partial charge in [0.15, 0.2) is 0 Å². The highest BCUT2D eigenvalue weighted by Gasteiger charge is 2.15. The Balaban J connectivity index is 2.09. The van der Waals surface area contributed by atoms with Crippen molar-refractivity contribution < 1.29 is 4.79 Å². The molecule has 2 aromatic carbocycles. The number of carbonyl (C=O) groups is 1. The van der Waals surface area contributed by atoms with Crippen LogP contribution in [-0.2, 0) is 11.2 Å². The first kappa shape index (κ1) is 12.6. The topological polar surface area (TPSA) is 17.1 Å². The number of hydrogen-bond acceptors (Lipinski definition) is 1. The van der Waals surface area contributed by atoms with E-state index in [0.29, 0.717) is 6.42 Å². The summed E-state index contributed by atoms with van der Waals surface area (Å²) in [5.41, 5.74) is 3.39. The zero-order valence-corrected chi connectivity index (χ0v) is 10.9. The molecule has 1 unspecified atom stereocenters. The Kier molecular flexibility index (Phi) is 3.93. The van der Waals surface area contributed by atoms with Gasteiger partial charge in [0, 0.05) is 12.3 Å². The highest BCUT2D eigenvalue weighted by Crippen LogP contribution is 2.18. The number of hydrogen-bond donors (Lipinski definition) is 0. The van der Waals surface area contributed by atoms with Crippen LogP contribution in [0.5, 0.6) is 0 Å². The molecule has 1 atom stereocenters. The molecule has 1 heteroatoms. The Labute approximate surface area is 108 Å². The molecule has 0 aliphatic heterocycles. The van der Waals surface area contributed by atoms with E-state index in [1.54, 1.807) is 0 Å². The molecule has 0 spiro atoms. The van der Waals surface area contributed by atoms with E-state index < -0.39 is 0 Å². The molecule has 0 amide bonds. The van der Waals surface area contributed by atoms with Crippen LogP contribution >= 0.6 is 0 Å². The molecule has 0 radical (unpaired) electrons. The SMILES string of the molecule is Cc1cccc(CC(=O)C(C)c2ccccc2)c1. The minimum atomic E-state index is -0.0355. The van der Waals surface area contributed by atoms with E-state index in [2.05, 4.69) is 19.1 Å². The third-order valence-corrected chi connectivity index (χ3v) is 3.24. The lowest BCUT2D eigenvalue weighted by molar-refractivity contribution is -0.119. The van der Waals surface area contributed by atoms with Gasteiger partial charge >= 0.3 is 0 Å². The van der Waals surface area contributed by atoms with Gasteiger partial charge in [0.2, 0.25) is 0 Å². The molecule has 2 aromatic rings. The molecule has 1 nitrogen and oxygen atoms in total. The molecule has 0 N–H and O–H groups in total. The van der Waals surface area contributed by atoms with Gasteiger partial charge in [0.05, 0.1) is 0 Å². The summed E-state index contributed by atoms with van der Waals surface area (Å²) in [6.45, 7) is 4.03. The molecule has 0 aliphatic carbocycles. The minimum absolute atomic E-state index is 0.0355. The van der Waals surface area contributed by atoms with Gasteiger partial charge < -0.3 is 0 Å². The van der Waals surface area contributed by atoms with Gasteiger partial charge in [-0.3, -0.25) is 4.79 Å². The van der Waals surface area contributed by atoms with Crippen molar-refractivity contribution in [3.8, 4) is 0 Å². The van der Waals surface area contributed by atoms with Gasteiger partial charge in [-0.2, -0.15) is 0 Å². The van der Waals surface area contributed by atoms with Crippen LogP contribution in [0.4, 0.5) is 0 Å². The average Bonchev–Trinajstić information content (AvgIpc) is 2.39. The second kappa shape index (κ2) is 5.63. The number of rotatable bonds is 4. The lowest BCUT2D eigenvalue weighted by atomic mass is 9.92. The van der Waals surface area contributed by atoms with Crippen molar-refractivity contribution in [1.82, 2.24) is 0 Å². The Morgan fingerprint density at radius 1 is 1.06 bits per heavy atom. The molecule has 0 saturated heterocycles. The third kappa shape index (κ3) is 3.07. The summed E-state index contributed by atoms with van der Waals surface area (Å²) in [5.74, 6) is 0.235. The summed E-state index contributed by atoms with van der Waals surface area (Å²) < 4.78 is 0. The number of carbonyl (C=O) groups excluding carboxylic acids is 1. The largest absolute Gasteiger partial charge is 0.299 e. The van der Waals surface area contributed by atoms with Crippen molar-refractivity contribution in [3.05, 3.63) is 71.3 Å². The maximum atomic E-state index is 12.2. The predicted molar refractivity (Wildman–Crippen MR) is 74.7 cm³/mol. The second-order valence-electron chi connectivity index (χ2n) is 4.76. The average molecular weight is 238 g/mol. The molecule has 0 fully saturated rings. The quantitative estimate of drug-likeness (QED) is 0.789. The van der Waals surface area contributed by atoms with E-state index in [1.165, 1.54) is 5.56 Å². The molecule has 0 bridgehead atoms. The van der Waals surface area contributed by atoms with Crippen LogP contribution in [0.25, 0.3) is 0 Å². The molecule has 0 heterocycles. The first-order valence-corrected chi connectivity index (χ1v) is 6.30. The second-order valence-corrected chi connectivity index (χ2v) is 4.76. The normalized spacial score (nSPS) is 12.1. The first-order valence-electron chi connectivity index (χ1n) is 6.30. The van der Waals surface area contributed by atoms with E-state index in [4.69, 9.17) is 0 Å². The standard InChI is InChI=1S/C17H18O/c1-13-7-6-8-15(11-13)12-17(18)14(2)16-9-4-3-5-10-16/h3-11,14H,12H2,1-2H3. The molecule has 18 heavy (non-hydrogen) atoms. The van der Waals surface area contributed by atoms with E-state index in [0.717, 1.165) is 11.1 Å². The highest BCUT2D eigenvalue weighted by atomic mass is 16.1. The molecule has 92 valence electrons. The van der Waals surface area contributed by atoms with E-state index in [-0.39, 0.29) is 11.7 Å². The van der Waals surface area contributed by atoms with Crippen LogP contribution in [0.1, 0.15) is 29.5 Å². The Morgan fingerprint density at radius 2 is 1.78 bits per heavy atom. The molecule has 2 rings (SSSR count). The fourth-order valence-electron chi connectivity index (χ4n) is 2.10. The predicted octanol–water partition coefficient (Wildman–Crippen LogP) is 3.91. The van der Waals surface area contributed by atoms with E-state index >= 15 is 0 Å². The maximum absolute atomic E-state index is 12.2. The zero-order chi connectivity index (χ0) is 13.0. The van der Waals surface area contributed by atoms with E-state index in [9.17, 15) is 4.79 Å². The van der Waals surface area contributed by atoms with Gasteiger partial charge in [-0.05, 0) is 18.1 Å². The molecular formula is C17H18O. The lowest BCUT2D eigenvalue weighted by Crippen LogP contribution is -2.12. The van der Waals surface area contributed by atoms with Gasteiger partial charge in [-0.1, -0.05) is 67.1 Å². The van der Waals surface area contributed by atoms with Crippen LogP contribution in [0, 0.1) is 6.92 Å². The third-order valence-electron chi connectivity index (χ3n) is 3.24. The number of Topliss-reactive ketones (excluding diaryl/α,β-unsaturated/α-hetero) is 1. The number of aryl methyl sites for hydroxylation is 1. The van der Waals surface area contributed by atoms with Crippen LogP contribution in [0.15, 0.2) is 54.6 Å². The smallest absolute Gasteiger partial charge is 0.144 e. The summed E-state index contributed by atoms with van der Waals surface area (Å²) in [4.78, 5) is 12.2. The van der Waals surface area contributed by atoms with Gasteiger partial charge in [0.1, 0.15) is 5.78 Å². The van der Waals surface area contributed by atoms with Crippen LogP contribution < -0.4 is 0 Å². The number of ketones is 1. The number of benzene rings is 2. The van der Waals surface area contributed by atoms with Crippen LogP contribution in [0.3, 0.4) is 0 Å². The summed E-state index contributed by atoms with van der Waals surface area (Å²) in [7, 11) is 0.